The molecule has 13 heavy (non-hydrogen) atoms. The molecule has 0 aliphatic heterocycles. The summed E-state index contributed by atoms with van der Waals surface area (Å²) in [7, 11) is -3.73. The Labute approximate surface area is 76.0 Å². The third kappa shape index (κ3) is 2.79. The van der Waals surface area contributed by atoms with Gasteiger partial charge in [0.15, 0.2) is 5.03 Å². The molecule has 0 bridgehead atoms. The molecule has 7 heteroatoms. The molecule has 0 saturated carbocycles. The van der Waals surface area contributed by atoms with Crippen LogP contribution in [0.4, 0.5) is 0 Å². The topological polar surface area (TPSA) is 98.2 Å². The predicted molar refractivity (Wildman–Crippen MR) is 45.3 cm³/mol. The summed E-state index contributed by atoms with van der Waals surface area (Å²) in [6.07, 6.45) is 0.875. The molecule has 3 N–H and O–H groups in total. The van der Waals surface area contributed by atoms with Gasteiger partial charge in [-0.3, -0.25) is 4.68 Å². The van der Waals surface area contributed by atoms with Crippen LogP contribution in [0.1, 0.15) is 6.92 Å². The third-order valence-electron chi connectivity index (χ3n) is 1.36. The zero-order valence-corrected chi connectivity index (χ0v) is 7.90. The van der Waals surface area contributed by atoms with Crippen LogP contribution in [0.3, 0.4) is 0 Å². The lowest BCUT2D eigenvalue weighted by Crippen LogP contribution is -2.16. The Morgan fingerprint density at radius 2 is 2.38 bits per heavy atom. The fourth-order valence-corrected chi connectivity index (χ4v) is 1.34. The SMILES string of the molecule is C[C@H](O)Cn1ccc(S(N)(=O)=O)n1. The largest absolute Gasteiger partial charge is 0.391 e. The standard InChI is InChI=1S/C6H11N3O3S/c1-5(10)4-9-3-2-6(8-9)13(7,11)12/h2-3,5,10H,4H2,1H3,(H2,7,11,12)/t5-/m0/s1. The van der Waals surface area contributed by atoms with Gasteiger partial charge in [-0.15, -0.1) is 0 Å². The maximum absolute atomic E-state index is 10.8. The first-order valence-electron chi connectivity index (χ1n) is 3.64. The van der Waals surface area contributed by atoms with Gasteiger partial charge in [-0.2, -0.15) is 5.10 Å². The van der Waals surface area contributed by atoms with Gasteiger partial charge in [0, 0.05) is 6.20 Å². The summed E-state index contributed by atoms with van der Waals surface area (Å²) in [6.45, 7) is 1.83. The molecule has 0 aromatic carbocycles. The molecule has 1 aromatic rings. The van der Waals surface area contributed by atoms with Crippen molar-refractivity contribution in [3.8, 4) is 0 Å². The summed E-state index contributed by atoms with van der Waals surface area (Å²) in [6, 6.07) is 1.29. The maximum Gasteiger partial charge on any atom is 0.257 e. The second-order valence-electron chi connectivity index (χ2n) is 2.77. The number of primary sulfonamides is 1. The number of aliphatic hydroxyl groups excluding tert-OH is 1. The Hall–Kier alpha value is -0.920. The van der Waals surface area contributed by atoms with Crippen LogP contribution in [0.15, 0.2) is 17.3 Å². The lowest BCUT2D eigenvalue weighted by molar-refractivity contribution is 0.168. The van der Waals surface area contributed by atoms with E-state index in [0.717, 1.165) is 0 Å². The monoisotopic (exact) mass is 205 g/mol. The number of sulfonamides is 1. The second-order valence-corrected chi connectivity index (χ2v) is 4.28. The third-order valence-corrected chi connectivity index (χ3v) is 2.16. The lowest BCUT2D eigenvalue weighted by atomic mass is 10.4. The van der Waals surface area contributed by atoms with Gasteiger partial charge in [0.05, 0.1) is 12.6 Å². The normalized spacial score (nSPS) is 14.4. The molecule has 0 saturated heterocycles. The van der Waals surface area contributed by atoms with Crippen molar-refractivity contribution < 1.29 is 13.5 Å². The minimum atomic E-state index is -3.73. The molecule has 1 rings (SSSR count). The average molecular weight is 205 g/mol. The average Bonchev–Trinajstić information content (AvgIpc) is 2.32. The predicted octanol–water partition coefficient (Wildman–Crippen LogP) is -1.09. The number of nitrogens with zero attached hydrogens (tertiary/aromatic N) is 2. The minimum absolute atomic E-state index is 0.187. The van der Waals surface area contributed by atoms with Crippen LogP contribution in [0.5, 0.6) is 0 Å². The van der Waals surface area contributed by atoms with E-state index >= 15 is 0 Å². The van der Waals surface area contributed by atoms with E-state index in [1.54, 1.807) is 6.92 Å². The van der Waals surface area contributed by atoms with Crippen molar-refractivity contribution in [1.29, 1.82) is 0 Å². The summed E-state index contributed by atoms with van der Waals surface area (Å²) < 4.78 is 22.9. The number of hydrogen-bond acceptors (Lipinski definition) is 4. The first-order valence-corrected chi connectivity index (χ1v) is 5.18. The molecule has 6 nitrogen and oxygen atoms in total. The second kappa shape index (κ2) is 3.44. The number of nitrogens with two attached hydrogens (primary N) is 1. The molecule has 1 aromatic heterocycles. The highest BCUT2D eigenvalue weighted by Crippen LogP contribution is 2.02. The van der Waals surface area contributed by atoms with Gasteiger partial charge in [0.25, 0.3) is 10.0 Å². The van der Waals surface area contributed by atoms with E-state index in [-0.39, 0.29) is 11.6 Å². The molecule has 0 aliphatic carbocycles. The quantitative estimate of drug-likeness (QED) is 0.655. The number of aliphatic hydroxyl groups is 1. The molecule has 1 heterocycles. The van der Waals surface area contributed by atoms with Crippen LogP contribution in [-0.2, 0) is 16.6 Å². The zero-order chi connectivity index (χ0) is 10.1. The summed E-state index contributed by atoms with van der Waals surface area (Å²) >= 11 is 0. The first kappa shape index (κ1) is 10.2. The van der Waals surface area contributed by atoms with E-state index in [1.165, 1.54) is 16.9 Å². The van der Waals surface area contributed by atoms with Gasteiger partial charge >= 0.3 is 0 Å². The Kier molecular flexibility index (Phi) is 2.69. The number of aromatic nitrogens is 2. The van der Waals surface area contributed by atoms with Gasteiger partial charge in [-0.05, 0) is 13.0 Å². The molecule has 0 aliphatic rings. The van der Waals surface area contributed by atoms with Gasteiger partial charge < -0.3 is 5.11 Å². The van der Waals surface area contributed by atoms with Gasteiger partial charge in [-0.1, -0.05) is 0 Å². The Bertz CT molecular complexity index is 382. The van der Waals surface area contributed by atoms with Crippen molar-refractivity contribution >= 4 is 10.0 Å². The molecule has 0 radical (unpaired) electrons. The fourth-order valence-electron chi connectivity index (χ4n) is 0.867. The van der Waals surface area contributed by atoms with Crippen LogP contribution in [0.2, 0.25) is 0 Å². The minimum Gasteiger partial charge on any atom is -0.391 e. The van der Waals surface area contributed by atoms with Gasteiger partial charge in [0.1, 0.15) is 0 Å². The fraction of sp³-hybridized carbons (Fsp3) is 0.500. The Morgan fingerprint density at radius 3 is 2.77 bits per heavy atom. The van der Waals surface area contributed by atoms with Crippen LogP contribution < -0.4 is 5.14 Å². The molecular formula is C6H11N3O3S. The molecule has 74 valence electrons. The summed E-state index contributed by atoms with van der Waals surface area (Å²) in [4.78, 5) is 0. The lowest BCUT2D eigenvalue weighted by Gasteiger charge is -2.02. The summed E-state index contributed by atoms with van der Waals surface area (Å²) in [5, 5.41) is 17.3. The zero-order valence-electron chi connectivity index (χ0n) is 7.08. The van der Waals surface area contributed by atoms with E-state index < -0.39 is 16.1 Å². The van der Waals surface area contributed by atoms with Crippen molar-refractivity contribution in [1.82, 2.24) is 9.78 Å². The molecule has 1 atom stereocenters. The van der Waals surface area contributed by atoms with Crippen LogP contribution in [0.25, 0.3) is 0 Å². The molecule has 0 unspecified atom stereocenters. The molecule has 0 spiro atoms. The Balaban J connectivity index is 2.88. The van der Waals surface area contributed by atoms with Crippen molar-refractivity contribution in [2.75, 3.05) is 0 Å². The van der Waals surface area contributed by atoms with Crippen LogP contribution in [-0.4, -0.2) is 29.4 Å². The number of rotatable bonds is 3. The van der Waals surface area contributed by atoms with Crippen molar-refractivity contribution in [3.05, 3.63) is 12.3 Å². The van der Waals surface area contributed by atoms with Crippen molar-refractivity contribution in [3.63, 3.8) is 0 Å². The van der Waals surface area contributed by atoms with E-state index in [0.29, 0.717) is 0 Å². The first-order chi connectivity index (χ1) is 5.89. The highest BCUT2D eigenvalue weighted by Gasteiger charge is 2.11. The van der Waals surface area contributed by atoms with Crippen molar-refractivity contribution in [2.45, 2.75) is 24.6 Å². The summed E-state index contributed by atoms with van der Waals surface area (Å²) in [5.74, 6) is 0. The molecule has 0 fully saturated rings. The highest BCUT2D eigenvalue weighted by atomic mass is 32.2. The van der Waals surface area contributed by atoms with E-state index in [9.17, 15) is 8.42 Å². The number of hydrogen-bond donors (Lipinski definition) is 2. The molecular weight excluding hydrogens is 194 g/mol. The van der Waals surface area contributed by atoms with E-state index in [2.05, 4.69) is 5.10 Å². The van der Waals surface area contributed by atoms with E-state index in [4.69, 9.17) is 10.2 Å². The van der Waals surface area contributed by atoms with Gasteiger partial charge in [-0.25, -0.2) is 13.6 Å². The Morgan fingerprint density at radius 1 is 1.77 bits per heavy atom. The van der Waals surface area contributed by atoms with Crippen molar-refractivity contribution in [2.24, 2.45) is 5.14 Å². The van der Waals surface area contributed by atoms with E-state index in [1.807, 2.05) is 0 Å². The van der Waals surface area contributed by atoms with Crippen LogP contribution in [0, 0.1) is 0 Å². The smallest absolute Gasteiger partial charge is 0.257 e. The summed E-state index contributed by atoms with van der Waals surface area (Å²) in [5.41, 5.74) is 0. The molecule has 0 amide bonds. The van der Waals surface area contributed by atoms with Gasteiger partial charge in [0.2, 0.25) is 0 Å². The highest BCUT2D eigenvalue weighted by molar-refractivity contribution is 7.89. The van der Waals surface area contributed by atoms with Crippen LogP contribution >= 0.6 is 0 Å². The maximum atomic E-state index is 10.8.